The molecule has 3 amide bonds. The van der Waals surface area contributed by atoms with E-state index in [-0.39, 0.29) is 55.7 Å². The number of rotatable bonds is 9. The number of amides is 3. The van der Waals surface area contributed by atoms with Gasteiger partial charge < -0.3 is 5.32 Å². The van der Waals surface area contributed by atoms with Crippen LogP contribution in [0.15, 0.2) is 6.20 Å². The van der Waals surface area contributed by atoms with E-state index in [1.54, 1.807) is 10.9 Å². The van der Waals surface area contributed by atoms with Crippen LogP contribution in [0.3, 0.4) is 0 Å². The minimum absolute atomic E-state index is 0.163. The molecule has 24 heavy (non-hydrogen) atoms. The van der Waals surface area contributed by atoms with Gasteiger partial charge >= 0.3 is 0 Å². The van der Waals surface area contributed by atoms with Crippen molar-refractivity contribution >= 4 is 23.5 Å². The molecule has 9 nitrogen and oxygen atoms in total. The predicted molar refractivity (Wildman–Crippen MR) is 82.4 cm³/mol. The summed E-state index contributed by atoms with van der Waals surface area (Å²) in [5.41, 5.74) is 0.673. The summed E-state index contributed by atoms with van der Waals surface area (Å²) in [5, 5.41) is 10.5. The topological polar surface area (TPSA) is 114 Å². The Bertz CT molecular complexity index is 624. The van der Waals surface area contributed by atoms with Crippen molar-refractivity contribution in [2.45, 2.75) is 52.1 Å². The maximum Gasteiger partial charge on any atom is 0.230 e. The fourth-order valence-corrected chi connectivity index (χ4v) is 2.35. The van der Waals surface area contributed by atoms with Crippen molar-refractivity contribution in [3.8, 4) is 0 Å². The van der Waals surface area contributed by atoms with Gasteiger partial charge in [0.15, 0.2) is 5.78 Å². The minimum atomic E-state index is -0.300. The van der Waals surface area contributed by atoms with Gasteiger partial charge in [-0.3, -0.25) is 28.8 Å². The zero-order valence-electron chi connectivity index (χ0n) is 13.7. The molecule has 2 heterocycles. The fourth-order valence-electron chi connectivity index (χ4n) is 2.35. The molecule has 130 valence electrons. The lowest BCUT2D eigenvalue weighted by atomic mass is 10.1. The number of carbonyl (C=O) groups is 4. The van der Waals surface area contributed by atoms with Crippen molar-refractivity contribution in [2.75, 3.05) is 6.54 Å². The highest BCUT2D eigenvalue weighted by molar-refractivity contribution is 6.04. The van der Waals surface area contributed by atoms with E-state index in [0.29, 0.717) is 25.2 Å². The second-order valence-electron chi connectivity index (χ2n) is 5.61. The van der Waals surface area contributed by atoms with Crippen molar-refractivity contribution in [1.82, 2.24) is 25.2 Å². The Hall–Kier alpha value is -2.58. The molecule has 1 aromatic rings. The number of imide groups is 1. The van der Waals surface area contributed by atoms with Gasteiger partial charge in [-0.1, -0.05) is 5.21 Å². The summed E-state index contributed by atoms with van der Waals surface area (Å²) in [7, 11) is 0. The van der Waals surface area contributed by atoms with Gasteiger partial charge in [-0.25, -0.2) is 0 Å². The molecule has 0 aliphatic carbocycles. The highest BCUT2D eigenvalue weighted by atomic mass is 16.2. The van der Waals surface area contributed by atoms with E-state index >= 15 is 0 Å². The average Bonchev–Trinajstić information content (AvgIpc) is 3.14. The van der Waals surface area contributed by atoms with E-state index in [2.05, 4.69) is 15.6 Å². The van der Waals surface area contributed by atoms with Gasteiger partial charge in [-0.15, -0.1) is 5.10 Å². The Kier molecular flexibility index (Phi) is 6.16. The zero-order chi connectivity index (χ0) is 17.5. The third-order valence-corrected chi connectivity index (χ3v) is 3.73. The highest BCUT2D eigenvalue weighted by Crippen LogP contribution is 2.12. The number of hydrogen-bond acceptors (Lipinski definition) is 6. The maximum absolute atomic E-state index is 11.8. The quantitative estimate of drug-likeness (QED) is 0.625. The third-order valence-electron chi connectivity index (χ3n) is 3.73. The first-order valence-corrected chi connectivity index (χ1v) is 8.00. The number of aromatic nitrogens is 3. The predicted octanol–water partition coefficient (Wildman–Crippen LogP) is -0.197. The van der Waals surface area contributed by atoms with Gasteiger partial charge in [0, 0.05) is 32.2 Å². The maximum atomic E-state index is 11.8. The molecule has 0 atom stereocenters. The van der Waals surface area contributed by atoms with E-state index < -0.39 is 0 Å². The van der Waals surface area contributed by atoms with E-state index in [1.165, 1.54) is 0 Å². The summed E-state index contributed by atoms with van der Waals surface area (Å²) < 4.78 is 1.67. The summed E-state index contributed by atoms with van der Waals surface area (Å²) in [6.07, 6.45) is 2.86. The first-order chi connectivity index (χ1) is 11.5. The van der Waals surface area contributed by atoms with Crippen LogP contribution in [0.4, 0.5) is 0 Å². The minimum Gasteiger partial charge on any atom is -0.350 e. The fraction of sp³-hybridized carbons (Fsp3) is 0.600. The second kappa shape index (κ2) is 8.32. The molecule has 0 saturated carbocycles. The molecular formula is C15H21N5O4. The lowest BCUT2D eigenvalue weighted by molar-refractivity contribution is -0.142. The van der Waals surface area contributed by atoms with Crippen molar-refractivity contribution < 1.29 is 19.2 Å². The van der Waals surface area contributed by atoms with Crippen LogP contribution < -0.4 is 5.32 Å². The van der Waals surface area contributed by atoms with Gasteiger partial charge in [0.25, 0.3) is 0 Å². The number of Topliss-reactive ketones (excluding diaryl/α,β-unsaturated/α-hetero) is 1. The first-order valence-electron chi connectivity index (χ1n) is 8.00. The molecule has 1 fully saturated rings. The zero-order valence-corrected chi connectivity index (χ0v) is 13.7. The van der Waals surface area contributed by atoms with Gasteiger partial charge in [0.2, 0.25) is 17.7 Å². The smallest absolute Gasteiger partial charge is 0.230 e. The van der Waals surface area contributed by atoms with E-state index in [4.69, 9.17) is 0 Å². The normalized spacial score (nSPS) is 14.3. The average molecular weight is 335 g/mol. The highest BCUT2D eigenvalue weighted by Gasteiger charge is 2.30. The molecule has 1 aliphatic heterocycles. The van der Waals surface area contributed by atoms with E-state index in [0.717, 1.165) is 4.90 Å². The Balaban J connectivity index is 1.62. The van der Waals surface area contributed by atoms with Crippen LogP contribution in [0.2, 0.25) is 0 Å². The molecule has 1 aromatic heterocycles. The van der Waals surface area contributed by atoms with Crippen LogP contribution in [-0.4, -0.2) is 49.9 Å². The monoisotopic (exact) mass is 335 g/mol. The molecule has 0 spiro atoms. The molecule has 1 N–H and O–H groups in total. The summed E-state index contributed by atoms with van der Waals surface area (Å²) in [4.78, 5) is 47.4. The number of aryl methyl sites for hydroxylation is 1. The summed E-state index contributed by atoms with van der Waals surface area (Å²) >= 11 is 0. The van der Waals surface area contributed by atoms with Crippen molar-refractivity contribution in [2.24, 2.45) is 0 Å². The van der Waals surface area contributed by atoms with Gasteiger partial charge in [0.1, 0.15) is 5.69 Å². The lowest BCUT2D eigenvalue weighted by Crippen LogP contribution is -2.34. The first kappa shape index (κ1) is 17.8. The standard InChI is InChI=1S/C15H21N5O4/c1-2-19-9-11(17-18-19)8-16-13(22)5-3-4-12(21)10-20-14(23)6-7-15(20)24/h9H,2-8,10H2,1H3,(H,16,22). The molecule has 0 unspecified atom stereocenters. The number of ketones is 1. The number of likely N-dealkylation sites (tertiary alicyclic amines) is 1. The van der Waals surface area contributed by atoms with Crippen LogP contribution in [-0.2, 0) is 32.3 Å². The largest absolute Gasteiger partial charge is 0.350 e. The summed E-state index contributed by atoms with van der Waals surface area (Å²) in [6, 6.07) is 0. The molecule has 1 aliphatic rings. The Morgan fingerprint density at radius 2 is 1.92 bits per heavy atom. The Morgan fingerprint density at radius 1 is 1.21 bits per heavy atom. The molecule has 9 heteroatoms. The van der Waals surface area contributed by atoms with Crippen LogP contribution >= 0.6 is 0 Å². The van der Waals surface area contributed by atoms with E-state index in [1.807, 2.05) is 6.92 Å². The van der Waals surface area contributed by atoms with E-state index in [9.17, 15) is 19.2 Å². The lowest BCUT2D eigenvalue weighted by Gasteiger charge is -2.12. The molecule has 2 rings (SSSR count). The number of carbonyl (C=O) groups excluding carboxylic acids is 4. The van der Waals surface area contributed by atoms with Crippen LogP contribution in [0.25, 0.3) is 0 Å². The van der Waals surface area contributed by atoms with Crippen LogP contribution in [0.5, 0.6) is 0 Å². The van der Waals surface area contributed by atoms with Crippen LogP contribution in [0, 0.1) is 0 Å². The van der Waals surface area contributed by atoms with Crippen LogP contribution in [0.1, 0.15) is 44.7 Å². The Morgan fingerprint density at radius 3 is 2.54 bits per heavy atom. The van der Waals surface area contributed by atoms with Crippen molar-refractivity contribution in [3.63, 3.8) is 0 Å². The number of hydrogen-bond donors (Lipinski definition) is 1. The number of nitrogens with one attached hydrogen (secondary N) is 1. The van der Waals surface area contributed by atoms with Gasteiger partial charge in [-0.2, -0.15) is 0 Å². The summed E-state index contributed by atoms with van der Waals surface area (Å²) in [5.74, 6) is -0.989. The van der Waals surface area contributed by atoms with Crippen molar-refractivity contribution in [3.05, 3.63) is 11.9 Å². The Labute approximate surface area is 139 Å². The van der Waals surface area contributed by atoms with Crippen molar-refractivity contribution in [1.29, 1.82) is 0 Å². The molecule has 0 radical (unpaired) electrons. The molecule has 0 aromatic carbocycles. The molecule has 1 saturated heterocycles. The molecular weight excluding hydrogens is 314 g/mol. The van der Waals surface area contributed by atoms with Gasteiger partial charge in [-0.05, 0) is 13.3 Å². The SMILES string of the molecule is CCn1cc(CNC(=O)CCCC(=O)CN2C(=O)CCC2=O)nn1. The molecule has 0 bridgehead atoms. The van der Waals surface area contributed by atoms with Gasteiger partial charge in [0.05, 0.1) is 19.3 Å². The summed E-state index contributed by atoms with van der Waals surface area (Å²) in [6.45, 7) is 2.77. The third kappa shape index (κ3) is 4.97. The second-order valence-corrected chi connectivity index (χ2v) is 5.61. The number of nitrogens with zero attached hydrogens (tertiary/aromatic N) is 4.